The van der Waals surface area contributed by atoms with Crippen molar-refractivity contribution in [2.75, 3.05) is 20.7 Å². The molecule has 0 heterocycles. The van der Waals surface area contributed by atoms with Gasteiger partial charge in [0.1, 0.15) is 0 Å². The summed E-state index contributed by atoms with van der Waals surface area (Å²) in [6.07, 6.45) is 0.340. The van der Waals surface area contributed by atoms with Gasteiger partial charge in [0.2, 0.25) is 0 Å². The first-order valence-corrected chi connectivity index (χ1v) is 3.81. The molecular formula is C8H19NO. The zero-order valence-corrected chi connectivity index (χ0v) is 7.72. The minimum absolute atomic E-state index is 0.340. The number of nitrogens with zero attached hydrogens (tertiary/aromatic N) is 1. The van der Waals surface area contributed by atoms with E-state index in [4.69, 9.17) is 4.74 Å². The van der Waals surface area contributed by atoms with Crippen LogP contribution in [0.3, 0.4) is 0 Å². The molecule has 0 fully saturated rings. The van der Waals surface area contributed by atoms with Crippen LogP contribution in [0.4, 0.5) is 0 Å². The van der Waals surface area contributed by atoms with Crippen LogP contribution >= 0.6 is 0 Å². The first kappa shape index (κ1) is 9.92. The van der Waals surface area contributed by atoms with Crippen molar-refractivity contribution in [3.63, 3.8) is 0 Å². The molecule has 0 N–H and O–H groups in total. The fourth-order valence-electron chi connectivity index (χ4n) is 0.691. The van der Waals surface area contributed by atoms with Crippen LogP contribution in [-0.4, -0.2) is 37.7 Å². The summed E-state index contributed by atoms with van der Waals surface area (Å²) in [6, 6.07) is 0.609. The van der Waals surface area contributed by atoms with Crippen molar-refractivity contribution in [1.29, 1.82) is 0 Å². The third-order valence-corrected chi connectivity index (χ3v) is 1.83. The van der Waals surface area contributed by atoms with Crippen molar-refractivity contribution in [3.05, 3.63) is 0 Å². The predicted molar refractivity (Wildman–Crippen MR) is 44.2 cm³/mol. The second kappa shape index (κ2) is 4.69. The Balaban J connectivity index is 3.46. The summed E-state index contributed by atoms with van der Waals surface area (Å²) < 4.78 is 5.13. The van der Waals surface area contributed by atoms with Gasteiger partial charge in [-0.05, 0) is 27.8 Å². The van der Waals surface area contributed by atoms with E-state index in [1.807, 2.05) is 0 Å². The number of methoxy groups -OCH3 is 1. The molecule has 0 bridgehead atoms. The van der Waals surface area contributed by atoms with Gasteiger partial charge in [-0.1, -0.05) is 0 Å². The third kappa shape index (κ3) is 3.85. The lowest BCUT2D eigenvalue weighted by molar-refractivity contribution is 0.0766. The van der Waals surface area contributed by atoms with E-state index >= 15 is 0 Å². The maximum atomic E-state index is 5.13. The van der Waals surface area contributed by atoms with Crippen LogP contribution in [0.1, 0.15) is 20.8 Å². The van der Waals surface area contributed by atoms with E-state index in [1.54, 1.807) is 7.11 Å². The largest absolute Gasteiger partial charge is 0.380 e. The molecule has 0 rings (SSSR count). The Morgan fingerprint density at radius 1 is 1.30 bits per heavy atom. The standard InChI is InChI=1S/C8H19NO/c1-7(2)9(4)6-8(3)10-5/h7-8H,6H2,1-5H3. The molecule has 1 atom stereocenters. The van der Waals surface area contributed by atoms with Gasteiger partial charge in [0.15, 0.2) is 0 Å². The predicted octanol–water partition coefficient (Wildman–Crippen LogP) is 1.36. The van der Waals surface area contributed by atoms with E-state index in [1.165, 1.54) is 0 Å². The van der Waals surface area contributed by atoms with Crippen LogP contribution in [0.2, 0.25) is 0 Å². The topological polar surface area (TPSA) is 12.5 Å². The molecular weight excluding hydrogens is 126 g/mol. The molecule has 2 heteroatoms. The van der Waals surface area contributed by atoms with E-state index < -0.39 is 0 Å². The molecule has 0 amide bonds. The van der Waals surface area contributed by atoms with Gasteiger partial charge in [0, 0.05) is 19.7 Å². The molecule has 0 spiro atoms. The molecule has 0 aliphatic rings. The van der Waals surface area contributed by atoms with E-state index in [0.29, 0.717) is 12.1 Å². The van der Waals surface area contributed by atoms with Crippen molar-refractivity contribution in [2.24, 2.45) is 0 Å². The molecule has 0 aliphatic heterocycles. The first-order chi connectivity index (χ1) is 4.57. The zero-order chi connectivity index (χ0) is 8.15. The molecule has 62 valence electrons. The van der Waals surface area contributed by atoms with Gasteiger partial charge < -0.3 is 9.64 Å². The molecule has 0 saturated carbocycles. The second-order valence-electron chi connectivity index (χ2n) is 3.08. The highest BCUT2D eigenvalue weighted by Crippen LogP contribution is 1.97. The summed E-state index contributed by atoms with van der Waals surface area (Å²) in [6.45, 7) is 7.46. The third-order valence-electron chi connectivity index (χ3n) is 1.83. The highest BCUT2D eigenvalue weighted by atomic mass is 16.5. The molecule has 2 nitrogen and oxygen atoms in total. The van der Waals surface area contributed by atoms with Gasteiger partial charge in [-0.25, -0.2) is 0 Å². The first-order valence-electron chi connectivity index (χ1n) is 3.81. The van der Waals surface area contributed by atoms with E-state index in [9.17, 15) is 0 Å². The Hall–Kier alpha value is -0.0800. The summed E-state index contributed by atoms with van der Waals surface area (Å²) >= 11 is 0. The Morgan fingerprint density at radius 3 is 2.10 bits per heavy atom. The van der Waals surface area contributed by atoms with Crippen LogP contribution in [0, 0.1) is 0 Å². The lowest BCUT2D eigenvalue weighted by Crippen LogP contribution is -2.33. The number of hydrogen-bond donors (Lipinski definition) is 0. The smallest absolute Gasteiger partial charge is 0.0670 e. The van der Waals surface area contributed by atoms with Crippen LogP contribution in [-0.2, 0) is 4.74 Å². The molecule has 0 aromatic rings. The number of likely N-dealkylation sites (N-methyl/N-ethyl adjacent to an activating group) is 1. The molecule has 0 saturated heterocycles. The monoisotopic (exact) mass is 145 g/mol. The summed E-state index contributed by atoms with van der Waals surface area (Å²) in [5, 5.41) is 0. The average Bonchev–Trinajstić information content (AvgIpc) is 1.87. The fourth-order valence-corrected chi connectivity index (χ4v) is 0.691. The number of rotatable bonds is 4. The van der Waals surface area contributed by atoms with Gasteiger partial charge in [0.25, 0.3) is 0 Å². The quantitative estimate of drug-likeness (QED) is 0.592. The minimum atomic E-state index is 0.340. The van der Waals surface area contributed by atoms with Crippen molar-refractivity contribution in [3.8, 4) is 0 Å². The van der Waals surface area contributed by atoms with Gasteiger partial charge in [0.05, 0.1) is 6.10 Å². The zero-order valence-electron chi connectivity index (χ0n) is 7.72. The van der Waals surface area contributed by atoms with Gasteiger partial charge in [-0.2, -0.15) is 0 Å². The van der Waals surface area contributed by atoms with Crippen LogP contribution in [0.5, 0.6) is 0 Å². The molecule has 10 heavy (non-hydrogen) atoms. The summed E-state index contributed by atoms with van der Waals surface area (Å²) in [7, 11) is 3.86. The van der Waals surface area contributed by atoms with Crippen molar-refractivity contribution in [2.45, 2.75) is 32.9 Å². The lowest BCUT2D eigenvalue weighted by atomic mass is 10.3. The normalized spacial score (nSPS) is 14.7. The van der Waals surface area contributed by atoms with E-state index in [0.717, 1.165) is 6.54 Å². The Labute approximate surface area is 64.2 Å². The minimum Gasteiger partial charge on any atom is -0.380 e. The van der Waals surface area contributed by atoms with Gasteiger partial charge >= 0.3 is 0 Å². The van der Waals surface area contributed by atoms with Crippen molar-refractivity contribution >= 4 is 0 Å². The fraction of sp³-hybridized carbons (Fsp3) is 1.00. The Kier molecular flexibility index (Phi) is 4.65. The summed E-state index contributed by atoms with van der Waals surface area (Å²) in [4.78, 5) is 2.27. The molecule has 0 aromatic heterocycles. The van der Waals surface area contributed by atoms with E-state index in [-0.39, 0.29) is 0 Å². The van der Waals surface area contributed by atoms with Crippen LogP contribution in [0.25, 0.3) is 0 Å². The average molecular weight is 145 g/mol. The maximum Gasteiger partial charge on any atom is 0.0670 e. The van der Waals surface area contributed by atoms with Gasteiger partial charge in [-0.15, -0.1) is 0 Å². The van der Waals surface area contributed by atoms with Crippen molar-refractivity contribution in [1.82, 2.24) is 4.90 Å². The Morgan fingerprint density at radius 2 is 1.80 bits per heavy atom. The van der Waals surface area contributed by atoms with Gasteiger partial charge in [-0.3, -0.25) is 0 Å². The summed E-state index contributed by atoms with van der Waals surface area (Å²) in [5.74, 6) is 0. The number of ether oxygens (including phenoxy) is 1. The maximum absolute atomic E-state index is 5.13. The second-order valence-corrected chi connectivity index (χ2v) is 3.08. The molecule has 0 aromatic carbocycles. The summed E-state index contributed by atoms with van der Waals surface area (Å²) in [5.41, 5.74) is 0. The highest BCUT2D eigenvalue weighted by Gasteiger charge is 2.06. The number of hydrogen-bond acceptors (Lipinski definition) is 2. The molecule has 0 aliphatic carbocycles. The SMILES string of the molecule is COC(C)CN(C)C(C)C. The Bertz CT molecular complexity index is 83.3. The lowest BCUT2D eigenvalue weighted by Gasteiger charge is -2.23. The van der Waals surface area contributed by atoms with E-state index in [2.05, 4.69) is 32.7 Å². The van der Waals surface area contributed by atoms with Crippen LogP contribution < -0.4 is 0 Å². The van der Waals surface area contributed by atoms with Crippen molar-refractivity contribution < 1.29 is 4.74 Å². The van der Waals surface area contributed by atoms with Crippen LogP contribution in [0.15, 0.2) is 0 Å². The highest BCUT2D eigenvalue weighted by molar-refractivity contribution is 4.60. The molecule has 0 radical (unpaired) electrons. The molecule has 1 unspecified atom stereocenters.